The zero-order chi connectivity index (χ0) is 14.6. The Bertz CT molecular complexity index is 541. The van der Waals surface area contributed by atoms with Crippen molar-refractivity contribution in [3.8, 4) is 0 Å². The maximum Gasteiger partial charge on any atom is 0.248 e. The van der Waals surface area contributed by atoms with E-state index >= 15 is 0 Å². The van der Waals surface area contributed by atoms with Crippen molar-refractivity contribution in [3.63, 3.8) is 0 Å². The molecule has 0 aliphatic heterocycles. The number of nitrogens with two attached hydrogens (primary N) is 1. The maximum atomic E-state index is 6.15. The lowest BCUT2D eigenvalue weighted by Gasteiger charge is -2.23. The highest BCUT2D eigenvalue weighted by atomic mass is 16.5. The van der Waals surface area contributed by atoms with Crippen LogP contribution in [0.1, 0.15) is 50.5 Å². The average molecular weight is 275 g/mol. The number of rotatable bonds is 6. The van der Waals surface area contributed by atoms with Crippen LogP contribution in [-0.2, 0) is 10.3 Å². The first-order valence-electron chi connectivity index (χ1n) is 6.89. The van der Waals surface area contributed by atoms with Crippen LogP contribution in [-0.4, -0.2) is 16.7 Å². The second-order valence-corrected chi connectivity index (χ2v) is 4.86. The number of ether oxygens (including phenoxy) is 1. The normalized spacial score (nSPS) is 15.8. The van der Waals surface area contributed by atoms with Crippen molar-refractivity contribution in [1.82, 2.24) is 10.1 Å². The van der Waals surface area contributed by atoms with E-state index in [4.69, 9.17) is 15.0 Å². The van der Waals surface area contributed by atoms with E-state index in [0.717, 1.165) is 12.0 Å². The Hall–Kier alpha value is -1.72. The van der Waals surface area contributed by atoms with Gasteiger partial charge in [0.1, 0.15) is 11.6 Å². The Morgan fingerprint density at radius 1 is 1.30 bits per heavy atom. The Morgan fingerprint density at radius 2 is 2.00 bits per heavy atom. The van der Waals surface area contributed by atoms with E-state index < -0.39 is 11.6 Å². The van der Waals surface area contributed by atoms with Crippen LogP contribution in [0.2, 0.25) is 0 Å². The third-order valence-corrected chi connectivity index (χ3v) is 3.48. The predicted octanol–water partition coefficient (Wildman–Crippen LogP) is 2.78. The van der Waals surface area contributed by atoms with Crippen molar-refractivity contribution in [2.45, 2.75) is 38.8 Å². The number of aromatic nitrogens is 2. The van der Waals surface area contributed by atoms with E-state index in [0.29, 0.717) is 18.3 Å². The summed E-state index contributed by atoms with van der Waals surface area (Å²) in [7, 11) is 0. The van der Waals surface area contributed by atoms with Gasteiger partial charge in [-0.3, -0.25) is 0 Å². The summed E-state index contributed by atoms with van der Waals surface area (Å²) in [5, 5.41) is 4.03. The summed E-state index contributed by atoms with van der Waals surface area (Å²) in [6.45, 7) is 6.53. The molecule has 1 aromatic carbocycles. The molecule has 0 bridgehead atoms. The van der Waals surface area contributed by atoms with Crippen molar-refractivity contribution in [1.29, 1.82) is 0 Å². The van der Waals surface area contributed by atoms with Gasteiger partial charge in [0.2, 0.25) is 11.7 Å². The molecular weight excluding hydrogens is 254 g/mol. The summed E-state index contributed by atoms with van der Waals surface area (Å²) < 4.78 is 11.0. The van der Waals surface area contributed by atoms with Gasteiger partial charge in [-0.2, -0.15) is 4.98 Å². The van der Waals surface area contributed by atoms with Crippen LogP contribution in [0.15, 0.2) is 34.9 Å². The lowest BCUT2D eigenvalue weighted by molar-refractivity contribution is -0.0403. The second-order valence-electron chi connectivity index (χ2n) is 4.86. The number of nitrogens with zero attached hydrogens (tertiary/aromatic N) is 2. The van der Waals surface area contributed by atoms with Crippen LogP contribution in [0, 0.1) is 0 Å². The zero-order valence-electron chi connectivity index (χ0n) is 12.2. The molecule has 0 spiro atoms. The molecule has 0 fully saturated rings. The minimum absolute atomic E-state index is 0.408. The van der Waals surface area contributed by atoms with Crippen LogP contribution in [0.3, 0.4) is 0 Å². The molecule has 2 aromatic rings. The Kier molecular flexibility index (Phi) is 4.52. The van der Waals surface area contributed by atoms with E-state index in [9.17, 15) is 0 Å². The summed E-state index contributed by atoms with van der Waals surface area (Å²) >= 11 is 0. The van der Waals surface area contributed by atoms with Gasteiger partial charge in [0.05, 0.1) is 0 Å². The SMILES string of the molecule is CCOC(C)(CC)c1noc([C@H](N)c2ccccc2)n1. The highest BCUT2D eigenvalue weighted by Gasteiger charge is 2.31. The first-order chi connectivity index (χ1) is 9.60. The molecule has 0 aliphatic rings. The van der Waals surface area contributed by atoms with E-state index in [1.165, 1.54) is 0 Å². The van der Waals surface area contributed by atoms with Gasteiger partial charge in [0.25, 0.3) is 0 Å². The molecule has 1 unspecified atom stereocenters. The van der Waals surface area contributed by atoms with Crippen molar-refractivity contribution in [3.05, 3.63) is 47.6 Å². The standard InChI is InChI=1S/C15H21N3O2/c1-4-15(3,19-5-2)14-17-13(20-18-14)12(16)11-9-7-6-8-10-11/h6-10,12H,4-5,16H2,1-3H3/t12-,15?/m1/s1. The van der Waals surface area contributed by atoms with Crippen molar-refractivity contribution in [2.24, 2.45) is 5.73 Å². The molecule has 2 rings (SSSR count). The third kappa shape index (κ3) is 2.89. The first kappa shape index (κ1) is 14.7. The first-order valence-corrected chi connectivity index (χ1v) is 6.89. The molecule has 1 heterocycles. The van der Waals surface area contributed by atoms with Gasteiger partial charge in [-0.05, 0) is 25.8 Å². The van der Waals surface area contributed by atoms with Crippen molar-refractivity contribution in [2.75, 3.05) is 6.61 Å². The van der Waals surface area contributed by atoms with Gasteiger partial charge in [0, 0.05) is 6.61 Å². The quantitative estimate of drug-likeness (QED) is 0.877. The number of hydrogen-bond donors (Lipinski definition) is 1. The molecule has 0 radical (unpaired) electrons. The third-order valence-electron chi connectivity index (χ3n) is 3.48. The zero-order valence-corrected chi connectivity index (χ0v) is 12.2. The van der Waals surface area contributed by atoms with E-state index in [2.05, 4.69) is 10.1 Å². The fourth-order valence-corrected chi connectivity index (χ4v) is 2.02. The summed E-state index contributed by atoms with van der Waals surface area (Å²) in [5.41, 5.74) is 6.56. The van der Waals surface area contributed by atoms with Crippen LogP contribution >= 0.6 is 0 Å². The molecule has 0 saturated carbocycles. The topological polar surface area (TPSA) is 74.2 Å². The summed E-state index contributed by atoms with van der Waals surface area (Å²) in [6.07, 6.45) is 0.764. The molecule has 5 heteroatoms. The molecular formula is C15H21N3O2. The van der Waals surface area contributed by atoms with Gasteiger partial charge in [0.15, 0.2) is 0 Å². The van der Waals surface area contributed by atoms with Crippen molar-refractivity contribution >= 4 is 0 Å². The second kappa shape index (κ2) is 6.15. The monoisotopic (exact) mass is 275 g/mol. The van der Waals surface area contributed by atoms with Crippen LogP contribution in [0.25, 0.3) is 0 Å². The minimum atomic E-state index is -0.535. The molecule has 2 atom stereocenters. The molecule has 0 aliphatic carbocycles. The summed E-state index contributed by atoms with van der Waals surface area (Å²) in [6, 6.07) is 9.27. The smallest absolute Gasteiger partial charge is 0.248 e. The molecule has 5 nitrogen and oxygen atoms in total. The number of benzene rings is 1. The Balaban J connectivity index is 2.24. The van der Waals surface area contributed by atoms with Gasteiger partial charge in [-0.25, -0.2) is 0 Å². The average Bonchev–Trinajstić information content (AvgIpc) is 2.98. The lowest BCUT2D eigenvalue weighted by Crippen LogP contribution is -2.26. The van der Waals surface area contributed by atoms with Gasteiger partial charge < -0.3 is 15.0 Å². The molecule has 108 valence electrons. The Morgan fingerprint density at radius 3 is 2.60 bits per heavy atom. The van der Waals surface area contributed by atoms with Gasteiger partial charge in [-0.1, -0.05) is 42.4 Å². The van der Waals surface area contributed by atoms with Crippen LogP contribution in [0.4, 0.5) is 0 Å². The largest absolute Gasteiger partial charge is 0.367 e. The fourth-order valence-electron chi connectivity index (χ4n) is 2.02. The van der Waals surface area contributed by atoms with E-state index in [-0.39, 0.29) is 0 Å². The molecule has 2 N–H and O–H groups in total. The highest BCUT2D eigenvalue weighted by molar-refractivity contribution is 5.23. The van der Waals surface area contributed by atoms with Gasteiger partial charge in [-0.15, -0.1) is 0 Å². The fraction of sp³-hybridized carbons (Fsp3) is 0.467. The maximum absolute atomic E-state index is 6.15. The van der Waals surface area contributed by atoms with Crippen LogP contribution in [0.5, 0.6) is 0 Å². The van der Waals surface area contributed by atoms with Crippen LogP contribution < -0.4 is 5.73 Å². The predicted molar refractivity (Wildman–Crippen MR) is 76.0 cm³/mol. The van der Waals surface area contributed by atoms with Gasteiger partial charge >= 0.3 is 0 Å². The van der Waals surface area contributed by atoms with E-state index in [1.807, 2.05) is 51.1 Å². The van der Waals surface area contributed by atoms with E-state index in [1.54, 1.807) is 0 Å². The Labute approximate surface area is 119 Å². The molecule has 0 amide bonds. The highest BCUT2D eigenvalue weighted by Crippen LogP contribution is 2.28. The minimum Gasteiger partial charge on any atom is -0.367 e. The molecule has 20 heavy (non-hydrogen) atoms. The molecule has 1 aromatic heterocycles. The van der Waals surface area contributed by atoms with Crippen molar-refractivity contribution < 1.29 is 9.26 Å². The summed E-state index contributed by atoms with van der Waals surface area (Å²) in [4.78, 5) is 4.42. The summed E-state index contributed by atoms with van der Waals surface area (Å²) in [5.74, 6) is 0.953. The lowest BCUT2D eigenvalue weighted by atomic mass is 10.0. The number of hydrogen-bond acceptors (Lipinski definition) is 5. The molecule has 0 saturated heterocycles.